The zero-order valence-electron chi connectivity index (χ0n) is 19.3. The number of hydrogen-bond acceptors (Lipinski definition) is 3. The van der Waals surface area contributed by atoms with E-state index in [1.54, 1.807) is 15.3 Å². The summed E-state index contributed by atoms with van der Waals surface area (Å²) in [5, 5.41) is 0.552. The highest BCUT2D eigenvalue weighted by Gasteiger charge is 2.21. The Morgan fingerprint density at radius 3 is 2.26 bits per heavy atom. The molecule has 1 aliphatic rings. The van der Waals surface area contributed by atoms with Crippen LogP contribution in [0.25, 0.3) is 16.6 Å². The summed E-state index contributed by atoms with van der Waals surface area (Å²) in [6, 6.07) is 21.0. The zero-order chi connectivity index (χ0) is 23.7. The summed E-state index contributed by atoms with van der Waals surface area (Å²) in [5.74, 6) is 0.184. The molecule has 1 fully saturated rings. The highest BCUT2D eigenvalue weighted by atomic mass is 16.2. The van der Waals surface area contributed by atoms with Crippen LogP contribution in [-0.2, 0) is 17.9 Å². The summed E-state index contributed by atoms with van der Waals surface area (Å²) in [6.45, 7) is 4.20. The summed E-state index contributed by atoms with van der Waals surface area (Å²) >= 11 is 0. The molecule has 0 bridgehead atoms. The van der Waals surface area contributed by atoms with E-state index in [2.05, 4.69) is 0 Å². The molecular formula is C27H28N4O3. The van der Waals surface area contributed by atoms with Crippen LogP contribution in [0, 0.1) is 6.92 Å². The highest BCUT2D eigenvalue weighted by molar-refractivity contribution is 5.81. The summed E-state index contributed by atoms with van der Waals surface area (Å²) in [7, 11) is 0. The van der Waals surface area contributed by atoms with Gasteiger partial charge in [-0.25, -0.2) is 4.68 Å². The van der Waals surface area contributed by atoms with E-state index in [-0.39, 0.29) is 17.0 Å². The normalized spacial score (nSPS) is 13.8. The van der Waals surface area contributed by atoms with E-state index < -0.39 is 0 Å². The molecule has 0 radical (unpaired) electrons. The predicted molar refractivity (Wildman–Crippen MR) is 133 cm³/mol. The van der Waals surface area contributed by atoms with Crippen LogP contribution in [0.4, 0.5) is 0 Å². The molecule has 0 unspecified atom stereocenters. The number of pyridine rings is 1. The molecule has 34 heavy (non-hydrogen) atoms. The molecule has 7 heteroatoms. The molecule has 1 amide bonds. The van der Waals surface area contributed by atoms with Gasteiger partial charge in [0.25, 0.3) is 11.1 Å². The first-order chi connectivity index (χ1) is 16.5. The maximum Gasteiger partial charge on any atom is 0.281 e. The summed E-state index contributed by atoms with van der Waals surface area (Å²) in [4.78, 5) is 40.7. The number of likely N-dealkylation sites (tertiary alicyclic amines) is 1. The SMILES string of the molecule is Cc1c2c(=O)n(-c3ccccc3)n(Cc3ccccc3)c2cc(=O)n1CCCN1CCCC1=O. The molecule has 3 heterocycles. The minimum Gasteiger partial charge on any atom is -0.343 e. The topological polar surface area (TPSA) is 69.2 Å². The summed E-state index contributed by atoms with van der Waals surface area (Å²) < 4.78 is 5.23. The number of para-hydroxylation sites is 1. The van der Waals surface area contributed by atoms with Crippen molar-refractivity contribution < 1.29 is 4.79 Å². The second-order valence-electron chi connectivity index (χ2n) is 8.81. The largest absolute Gasteiger partial charge is 0.343 e. The van der Waals surface area contributed by atoms with Crippen molar-refractivity contribution in [1.82, 2.24) is 18.8 Å². The monoisotopic (exact) mass is 456 g/mol. The summed E-state index contributed by atoms with van der Waals surface area (Å²) in [5.41, 5.74) is 2.82. The maximum absolute atomic E-state index is 13.7. The molecule has 0 spiro atoms. The minimum absolute atomic E-state index is 0.134. The smallest absolute Gasteiger partial charge is 0.281 e. The lowest BCUT2D eigenvalue weighted by molar-refractivity contribution is -0.127. The molecule has 1 aliphatic heterocycles. The number of carbonyl (C=O) groups excluding carboxylic acids is 1. The van der Waals surface area contributed by atoms with Gasteiger partial charge in [-0.05, 0) is 37.5 Å². The van der Waals surface area contributed by atoms with Crippen molar-refractivity contribution in [2.45, 2.75) is 39.3 Å². The average Bonchev–Trinajstić information content (AvgIpc) is 3.37. The second kappa shape index (κ2) is 9.17. The molecule has 0 aliphatic carbocycles. The molecule has 4 aromatic rings. The number of carbonyl (C=O) groups is 1. The first kappa shape index (κ1) is 21.9. The van der Waals surface area contributed by atoms with Crippen LogP contribution in [0.15, 0.2) is 76.3 Å². The molecule has 0 N–H and O–H groups in total. The third-order valence-corrected chi connectivity index (χ3v) is 6.63. The minimum atomic E-state index is -0.141. The third-order valence-electron chi connectivity index (χ3n) is 6.63. The standard InChI is InChI=1S/C27H28N4O3/c1-20-26-23(18-25(33)29(20)17-9-16-28-15-8-14-24(28)32)30(19-21-10-4-2-5-11-21)31(27(26)34)22-12-6-3-7-13-22/h2-7,10-13,18H,8-9,14-17,19H2,1H3. The highest BCUT2D eigenvalue weighted by Crippen LogP contribution is 2.19. The van der Waals surface area contributed by atoms with Crippen molar-refractivity contribution in [3.05, 3.63) is 98.7 Å². The molecule has 7 nitrogen and oxygen atoms in total. The Balaban J connectivity index is 1.59. The first-order valence-electron chi connectivity index (χ1n) is 11.8. The van der Waals surface area contributed by atoms with E-state index in [1.165, 1.54) is 0 Å². The van der Waals surface area contributed by atoms with E-state index in [4.69, 9.17) is 0 Å². The van der Waals surface area contributed by atoms with Crippen LogP contribution in [0.3, 0.4) is 0 Å². The number of aromatic nitrogens is 3. The van der Waals surface area contributed by atoms with Gasteiger partial charge in [-0.1, -0.05) is 48.5 Å². The Kier molecular flexibility index (Phi) is 5.92. The van der Waals surface area contributed by atoms with Crippen molar-refractivity contribution in [3.8, 4) is 5.69 Å². The van der Waals surface area contributed by atoms with Crippen molar-refractivity contribution in [2.75, 3.05) is 13.1 Å². The van der Waals surface area contributed by atoms with Crippen LogP contribution in [0.1, 0.15) is 30.5 Å². The van der Waals surface area contributed by atoms with Gasteiger partial charge in [0.15, 0.2) is 0 Å². The molecule has 0 saturated carbocycles. The molecule has 174 valence electrons. The Bertz CT molecular complexity index is 1450. The van der Waals surface area contributed by atoms with Crippen LogP contribution < -0.4 is 11.1 Å². The average molecular weight is 457 g/mol. The van der Waals surface area contributed by atoms with Gasteiger partial charge >= 0.3 is 0 Å². The number of hydrogen-bond donors (Lipinski definition) is 0. The number of amides is 1. The Morgan fingerprint density at radius 1 is 0.882 bits per heavy atom. The van der Waals surface area contributed by atoms with Crippen LogP contribution in [-0.4, -0.2) is 37.8 Å². The van der Waals surface area contributed by atoms with Crippen LogP contribution in [0.2, 0.25) is 0 Å². The Morgan fingerprint density at radius 2 is 1.59 bits per heavy atom. The Hall–Kier alpha value is -3.87. The van der Waals surface area contributed by atoms with Gasteiger partial charge in [0.2, 0.25) is 5.91 Å². The third kappa shape index (κ3) is 3.98. The van der Waals surface area contributed by atoms with Crippen molar-refractivity contribution in [3.63, 3.8) is 0 Å². The Labute approximate surface area is 197 Å². The van der Waals surface area contributed by atoms with Gasteiger partial charge in [-0.15, -0.1) is 0 Å². The van der Waals surface area contributed by atoms with Gasteiger partial charge in [-0.3, -0.25) is 19.1 Å². The molecule has 2 aromatic heterocycles. The van der Waals surface area contributed by atoms with Crippen LogP contribution >= 0.6 is 0 Å². The first-order valence-corrected chi connectivity index (χ1v) is 11.8. The molecule has 1 saturated heterocycles. The molecule has 2 aromatic carbocycles. The number of aryl methyl sites for hydroxylation is 1. The fourth-order valence-corrected chi connectivity index (χ4v) is 4.92. The van der Waals surface area contributed by atoms with E-state index in [0.717, 1.165) is 24.2 Å². The van der Waals surface area contributed by atoms with Crippen molar-refractivity contribution >= 4 is 16.8 Å². The molecule has 0 atom stereocenters. The number of rotatable bonds is 7. The van der Waals surface area contributed by atoms with Crippen LogP contribution in [0.5, 0.6) is 0 Å². The lowest BCUT2D eigenvalue weighted by atomic mass is 10.2. The van der Waals surface area contributed by atoms with Gasteiger partial charge in [0, 0.05) is 37.8 Å². The second-order valence-corrected chi connectivity index (χ2v) is 8.81. The number of fused-ring (bicyclic) bond motifs is 1. The van der Waals surface area contributed by atoms with E-state index in [9.17, 15) is 14.4 Å². The number of nitrogens with zero attached hydrogens (tertiary/aromatic N) is 4. The maximum atomic E-state index is 13.7. The zero-order valence-corrected chi connectivity index (χ0v) is 19.3. The lowest BCUT2D eigenvalue weighted by Gasteiger charge is -2.17. The lowest BCUT2D eigenvalue weighted by Crippen LogP contribution is -2.29. The van der Waals surface area contributed by atoms with Gasteiger partial charge in [0.1, 0.15) is 0 Å². The summed E-state index contributed by atoms with van der Waals surface area (Å²) in [6.07, 6.45) is 2.19. The molecule has 5 rings (SSSR count). The number of benzene rings is 2. The van der Waals surface area contributed by atoms with E-state index in [0.29, 0.717) is 49.1 Å². The van der Waals surface area contributed by atoms with Gasteiger partial charge in [-0.2, -0.15) is 0 Å². The van der Waals surface area contributed by atoms with Gasteiger partial charge < -0.3 is 9.47 Å². The van der Waals surface area contributed by atoms with E-state index >= 15 is 0 Å². The van der Waals surface area contributed by atoms with Gasteiger partial charge in [0.05, 0.1) is 23.1 Å². The fraction of sp³-hybridized carbons (Fsp3) is 0.296. The van der Waals surface area contributed by atoms with E-state index in [1.807, 2.05) is 77.2 Å². The quantitative estimate of drug-likeness (QED) is 0.428. The predicted octanol–water partition coefficient (Wildman–Crippen LogP) is 3.32. The fourth-order valence-electron chi connectivity index (χ4n) is 4.92. The van der Waals surface area contributed by atoms with Crippen molar-refractivity contribution in [2.24, 2.45) is 0 Å². The van der Waals surface area contributed by atoms with Crippen molar-refractivity contribution in [1.29, 1.82) is 0 Å². The molecular weight excluding hydrogens is 428 g/mol.